The Morgan fingerprint density at radius 1 is 1.56 bits per heavy atom. The standard InChI is InChI=1S/C9H15N3O2S2/c1-10-9(13)12-16-6-2-5-15-7-8-3-4-14-11-8/h3-4H,2,5-7H2,1H3,(H2,10,12,13). The predicted molar refractivity (Wildman–Crippen MR) is 67.3 cm³/mol. The molecule has 5 nitrogen and oxygen atoms in total. The molecule has 0 fully saturated rings. The predicted octanol–water partition coefficient (Wildman–Crippen LogP) is 1.88. The number of thioether (sulfide) groups is 1. The molecule has 0 aliphatic rings. The Bertz CT molecular complexity index is 293. The van der Waals surface area contributed by atoms with Gasteiger partial charge in [0.05, 0.1) is 5.69 Å². The van der Waals surface area contributed by atoms with E-state index < -0.39 is 0 Å². The molecule has 2 amide bonds. The van der Waals surface area contributed by atoms with E-state index in [0.29, 0.717) is 0 Å². The van der Waals surface area contributed by atoms with Gasteiger partial charge in [0.25, 0.3) is 0 Å². The van der Waals surface area contributed by atoms with Crippen molar-refractivity contribution in [3.63, 3.8) is 0 Å². The van der Waals surface area contributed by atoms with Crippen LogP contribution in [0.1, 0.15) is 12.1 Å². The highest BCUT2D eigenvalue weighted by atomic mass is 32.2. The second-order valence-corrected chi connectivity index (χ2v) is 4.93. The molecule has 1 heterocycles. The minimum atomic E-state index is -0.153. The van der Waals surface area contributed by atoms with Crippen molar-refractivity contribution in [1.29, 1.82) is 0 Å². The van der Waals surface area contributed by atoms with Gasteiger partial charge >= 0.3 is 6.03 Å². The minimum Gasteiger partial charge on any atom is -0.364 e. The third kappa shape index (κ3) is 5.92. The van der Waals surface area contributed by atoms with Crippen LogP contribution in [0.4, 0.5) is 4.79 Å². The van der Waals surface area contributed by atoms with Gasteiger partial charge < -0.3 is 9.84 Å². The fourth-order valence-electron chi connectivity index (χ4n) is 0.889. The molecule has 0 spiro atoms. The van der Waals surface area contributed by atoms with Crippen LogP contribution in [-0.2, 0) is 5.75 Å². The average Bonchev–Trinajstić information content (AvgIpc) is 2.80. The molecule has 1 aromatic rings. The van der Waals surface area contributed by atoms with E-state index in [1.807, 2.05) is 17.8 Å². The van der Waals surface area contributed by atoms with E-state index >= 15 is 0 Å². The highest BCUT2D eigenvalue weighted by Crippen LogP contribution is 2.12. The maximum atomic E-state index is 10.8. The molecule has 1 aromatic heterocycles. The molecule has 0 aliphatic carbocycles. The molecular weight excluding hydrogens is 246 g/mol. The first-order valence-corrected chi connectivity index (χ1v) is 7.03. The van der Waals surface area contributed by atoms with Gasteiger partial charge in [0.1, 0.15) is 6.26 Å². The van der Waals surface area contributed by atoms with Crippen LogP contribution in [0.3, 0.4) is 0 Å². The lowest BCUT2D eigenvalue weighted by molar-refractivity contribution is 0.248. The van der Waals surface area contributed by atoms with Gasteiger partial charge in [0.2, 0.25) is 0 Å². The molecule has 0 bridgehead atoms. The summed E-state index contributed by atoms with van der Waals surface area (Å²) in [5, 5.41) is 6.31. The van der Waals surface area contributed by atoms with Crippen molar-refractivity contribution < 1.29 is 9.32 Å². The van der Waals surface area contributed by atoms with Gasteiger partial charge in [-0.3, -0.25) is 4.72 Å². The summed E-state index contributed by atoms with van der Waals surface area (Å²) in [4.78, 5) is 10.8. The Balaban J connectivity index is 1.87. The van der Waals surface area contributed by atoms with Crippen LogP contribution in [0.25, 0.3) is 0 Å². The molecule has 0 aromatic carbocycles. The largest absolute Gasteiger partial charge is 0.364 e. The molecule has 0 unspecified atom stereocenters. The van der Waals surface area contributed by atoms with Gasteiger partial charge in [-0.2, -0.15) is 11.8 Å². The number of hydrogen-bond acceptors (Lipinski definition) is 5. The van der Waals surface area contributed by atoms with Crippen LogP contribution < -0.4 is 10.0 Å². The second-order valence-electron chi connectivity index (χ2n) is 2.93. The number of rotatable bonds is 7. The molecule has 0 atom stereocenters. The molecule has 0 saturated heterocycles. The third-order valence-electron chi connectivity index (χ3n) is 1.67. The average molecular weight is 261 g/mol. The zero-order chi connectivity index (χ0) is 11.6. The number of nitrogens with zero attached hydrogens (tertiary/aromatic N) is 1. The molecule has 16 heavy (non-hydrogen) atoms. The fraction of sp³-hybridized carbons (Fsp3) is 0.556. The number of carbonyl (C=O) groups excluding carboxylic acids is 1. The third-order valence-corrected chi connectivity index (χ3v) is 3.57. The van der Waals surface area contributed by atoms with Crippen molar-refractivity contribution >= 4 is 29.7 Å². The number of carbonyl (C=O) groups is 1. The smallest absolute Gasteiger partial charge is 0.324 e. The number of urea groups is 1. The van der Waals surface area contributed by atoms with Gasteiger partial charge in [0.15, 0.2) is 0 Å². The highest BCUT2D eigenvalue weighted by Gasteiger charge is 1.98. The molecule has 0 radical (unpaired) electrons. The van der Waals surface area contributed by atoms with E-state index in [-0.39, 0.29) is 6.03 Å². The van der Waals surface area contributed by atoms with E-state index in [1.54, 1.807) is 13.3 Å². The summed E-state index contributed by atoms with van der Waals surface area (Å²) in [7, 11) is 1.60. The molecule has 0 aliphatic heterocycles. The van der Waals surface area contributed by atoms with Crippen LogP contribution in [0.2, 0.25) is 0 Å². The molecule has 7 heteroatoms. The Labute approximate surface area is 103 Å². The summed E-state index contributed by atoms with van der Waals surface area (Å²) < 4.78 is 7.39. The Morgan fingerprint density at radius 3 is 3.12 bits per heavy atom. The first-order valence-electron chi connectivity index (χ1n) is 4.89. The lowest BCUT2D eigenvalue weighted by atomic mass is 10.5. The molecular formula is C9H15N3O2S2. The van der Waals surface area contributed by atoms with Crippen LogP contribution in [0, 0.1) is 0 Å². The monoisotopic (exact) mass is 261 g/mol. The number of amides is 2. The number of aromatic nitrogens is 1. The second kappa shape index (κ2) is 8.35. The van der Waals surface area contributed by atoms with E-state index in [1.165, 1.54) is 11.9 Å². The summed E-state index contributed by atoms with van der Waals surface area (Å²) in [6.07, 6.45) is 2.64. The van der Waals surface area contributed by atoms with Crippen LogP contribution >= 0.6 is 23.7 Å². The maximum Gasteiger partial charge on any atom is 0.324 e. The lowest BCUT2D eigenvalue weighted by Crippen LogP contribution is -2.27. The quantitative estimate of drug-likeness (QED) is 0.579. The van der Waals surface area contributed by atoms with Crippen molar-refractivity contribution in [2.24, 2.45) is 0 Å². The zero-order valence-electron chi connectivity index (χ0n) is 9.06. The summed E-state index contributed by atoms with van der Waals surface area (Å²) in [6, 6.07) is 1.72. The van der Waals surface area contributed by atoms with Crippen LogP contribution in [0.5, 0.6) is 0 Å². The van der Waals surface area contributed by atoms with E-state index in [0.717, 1.165) is 29.4 Å². The summed E-state index contributed by atoms with van der Waals surface area (Å²) in [5.74, 6) is 2.85. The number of hydrogen-bond donors (Lipinski definition) is 2. The topological polar surface area (TPSA) is 67.2 Å². The molecule has 90 valence electrons. The SMILES string of the molecule is CNC(=O)NSCCCSCc1ccon1. The maximum absolute atomic E-state index is 10.8. The van der Waals surface area contributed by atoms with Gasteiger partial charge in [-0.05, 0) is 24.1 Å². The van der Waals surface area contributed by atoms with Crippen molar-refractivity contribution in [2.45, 2.75) is 12.2 Å². The van der Waals surface area contributed by atoms with Crippen LogP contribution in [0.15, 0.2) is 16.9 Å². The minimum absolute atomic E-state index is 0.153. The van der Waals surface area contributed by atoms with Gasteiger partial charge in [0, 0.05) is 24.6 Å². The van der Waals surface area contributed by atoms with E-state index in [9.17, 15) is 4.79 Å². The Morgan fingerprint density at radius 2 is 2.44 bits per heavy atom. The van der Waals surface area contributed by atoms with Crippen molar-refractivity contribution in [3.05, 3.63) is 18.0 Å². The lowest BCUT2D eigenvalue weighted by Gasteiger charge is -2.02. The summed E-state index contributed by atoms with van der Waals surface area (Å²) >= 11 is 3.24. The van der Waals surface area contributed by atoms with Crippen molar-refractivity contribution in [3.8, 4) is 0 Å². The normalized spacial score (nSPS) is 10.1. The first-order chi connectivity index (χ1) is 7.83. The first kappa shape index (κ1) is 13.2. The number of nitrogens with one attached hydrogen (secondary N) is 2. The summed E-state index contributed by atoms with van der Waals surface area (Å²) in [6.45, 7) is 0. The van der Waals surface area contributed by atoms with E-state index in [4.69, 9.17) is 4.52 Å². The van der Waals surface area contributed by atoms with E-state index in [2.05, 4.69) is 15.2 Å². The molecule has 1 rings (SSSR count). The Kier molecular flexibility index (Phi) is 6.91. The summed E-state index contributed by atoms with van der Waals surface area (Å²) in [5.41, 5.74) is 0.973. The molecule has 0 saturated carbocycles. The van der Waals surface area contributed by atoms with Gasteiger partial charge in [-0.15, -0.1) is 0 Å². The molecule has 2 N–H and O–H groups in total. The van der Waals surface area contributed by atoms with Gasteiger partial charge in [-0.1, -0.05) is 5.16 Å². The van der Waals surface area contributed by atoms with Crippen molar-refractivity contribution in [2.75, 3.05) is 18.6 Å². The highest BCUT2D eigenvalue weighted by molar-refractivity contribution is 7.99. The van der Waals surface area contributed by atoms with Crippen molar-refractivity contribution in [1.82, 2.24) is 15.2 Å². The van der Waals surface area contributed by atoms with Crippen LogP contribution in [-0.4, -0.2) is 29.7 Å². The zero-order valence-corrected chi connectivity index (χ0v) is 10.7. The fourth-order valence-corrected chi connectivity index (χ4v) is 2.55. The van der Waals surface area contributed by atoms with Gasteiger partial charge in [-0.25, -0.2) is 4.79 Å². The Hall–Kier alpha value is -0.820.